The number of fused-ring (bicyclic) bond motifs is 1. The van der Waals surface area contributed by atoms with Gasteiger partial charge in [-0.25, -0.2) is 4.79 Å². The standard InChI is InChI=1S/C20H26N4O4/c1-19(2,3)28-18(26)24-16-6-4-5-9-20(16,27)17(25)23-15-8-11-22-14-7-10-21-12-13(14)15/h7-8,10-12,16,27H,4-6,9H2,1-3H3,(H,24,26)(H,22,23,25). The van der Waals surface area contributed by atoms with Crippen molar-refractivity contribution in [3.8, 4) is 0 Å². The fourth-order valence-corrected chi connectivity index (χ4v) is 3.40. The van der Waals surface area contributed by atoms with Gasteiger partial charge in [0.25, 0.3) is 5.91 Å². The number of aromatic nitrogens is 2. The van der Waals surface area contributed by atoms with E-state index in [9.17, 15) is 14.7 Å². The van der Waals surface area contributed by atoms with E-state index < -0.39 is 29.2 Å². The lowest BCUT2D eigenvalue weighted by atomic mass is 9.79. The highest BCUT2D eigenvalue weighted by molar-refractivity contribution is 6.04. The van der Waals surface area contributed by atoms with Crippen molar-refractivity contribution in [2.45, 2.75) is 63.7 Å². The zero-order chi connectivity index (χ0) is 20.4. The normalized spacial score (nSPS) is 22.5. The monoisotopic (exact) mass is 386 g/mol. The van der Waals surface area contributed by atoms with Crippen LogP contribution in [-0.4, -0.2) is 44.3 Å². The Morgan fingerprint density at radius 2 is 2.04 bits per heavy atom. The van der Waals surface area contributed by atoms with Crippen LogP contribution in [0.4, 0.5) is 10.5 Å². The van der Waals surface area contributed by atoms with Crippen LogP contribution in [-0.2, 0) is 9.53 Å². The lowest BCUT2D eigenvalue weighted by molar-refractivity contribution is -0.140. The predicted octanol–water partition coefficient (Wildman–Crippen LogP) is 2.77. The molecule has 2 amide bonds. The van der Waals surface area contributed by atoms with Gasteiger partial charge >= 0.3 is 6.09 Å². The van der Waals surface area contributed by atoms with E-state index in [4.69, 9.17) is 4.74 Å². The van der Waals surface area contributed by atoms with Gasteiger partial charge in [0.15, 0.2) is 5.60 Å². The van der Waals surface area contributed by atoms with E-state index >= 15 is 0 Å². The molecule has 1 aliphatic carbocycles. The van der Waals surface area contributed by atoms with Gasteiger partial charge in [0, 0.05) is 24.0 Å². The Hall–Kier alpha value is -2.74. The van der Waals surface area contributed by atoms with Crippen LogP contribution in [0.5, 0.6) is 0 Å². The van der Waals surface area contributed by atoms with E-state index in [1.165, 1.54) is 0 Å². The van der Waals surface area contributed by atoms with Crippen LogP contribution in [0.3, 0.4) is 0 Å². The number of nitrogens with one attached hydrogen (secondary N) is 2. The Balaban J connectivity index is 1.80. The van der Waals surface area contributed by atoms with Gasteiger partial charge in [0.1, 0.15) is 5.60 Å². The van der Waals surface area contributed by atoms with E-state index in [0.717, 1.165) is 6.42 Å². The van der Waals surface area contributed by atoms with E-state index in [1.54, 1.807) is 51.5 Å². The number of ether oxygens (including phenoxy) is 1. The van der Waals surface area contributed by atoms with Crippen molar-refractivity contribution in [1.29, 1.82) is 0 Å². The Morgan fingerprint density at radius 3 is 2.79 bits per heavy atom. The Bertz CT molecular complexity index is 875. The van der Waals surface area contributed by atoms with Crippen molar-refractivity contribution in [3.63, 3.8) is 0 Å². The number of anilines is 1. The van der Waals surface area contributed by atoms with Crippen molar-refractivity contribution in [2.24, 2.45) is 0 Å². The first kappa shape index (κ1) is 20.0. The molecular weight excluding hydrogens is 360 g/mol. The molecule has 0 spiro atoms. The highest BCUT2D eigenvalue weighted by Gasteiger charge is 2.46. The molecule has 1 saturated carbocycles. The summed E-state index contributed by atoms with van der Waals surface area (Å²) in [5, 5.41) is 17.3. The number of carbonyl (C=O) groups is 2. The number of rotatable bonds is 3. The highest BCUT2D eigenvalue weighted by Crippen LogP contribution is 2.31. The molecule has 0 bridgehead atoms. The third-order valence-electron chi connectivity index (χ3n) is 4.75. The lowest BCUT2D eigenvalue weighted by Crippen LogP contribution is -2.61. The highest BCUT2D eigenvalue weighted by atomic mass is 16.6. The van der Waals surface area contributed by atoms with Crippen molar-refractivity contribution in [3.05, 3.63) is 30.7 Å². The molecule has 8 nitrogen and oxygen atoms in total. The Labute approximate surface area is 163 Å². The molecule has 2 aromatic rings. The predicted molar refractivity (Wildman–Crippen MR) is 105 cm³/mol. The number of aliphatic hydroxyl groups is 1. The van der Waals surface area contributed by atoms with Crippen LogP contribution in [0.15, 0.2) is 30.7 Å². The minimum atomic E-state index is -1.73. The van der Waals surface area contributed by atoms with Gasteiger partial charge in [-0.1, -0.05) is 6.42 Å². The second kappa shape index (κ2) is 7.71. The molecule has 0 aromatic carbocycles. The molecule has 3 N–H and O–H groups in total. The van der Waals surface area contributed by atoms with Crippen molar-refractivity contribution < 1.29 is 19.4 Å². The van der Waals surface area contributed by atoms with Gasteiger partial charge in [0.2, 0.25) is 0 Å². The number of amides is 2. The summed E-state index contributed by atoms with van der Waals surface area (Å²) in [5.41, 5.74) is -1.19. The number of hydrogen-bond acceptors (Lipinski definition) is 6. The number of pyridine rings is 2. The molecule has 2 aromatic heterocycles. The van der Waals surface area contributed by atoms with Crippen LogP contribution in [0.1, 0.15) is 46.5 Å². The minimum Gasteiger partial charge on any atom is -0.444 e. The molecule has 2 heterocycles. The van der Waals surface area contributed by atoms with E-state index in [-0.39, 0.29) is 6.42 Å². The van der Waals surface area contributed by atoms with Crippen LogP contribution in [0.25, 0.3) is 10.9 Å². The summed E-state index contributed by atoms with van der Waals surface area (Å²) >= 11 is 0. The SMILES string of the molecule is CC(C)(C)OC(=O)NC1CCCCC1(O)C(=O)Nc1ccnc2ccncc12. The molecule has 28 heavy (non-hydrogen) atoms. The van der Waals surface area contributed by atoms with Crippen LogP contribution in [0.2, 0.25) is 0 Å². The van der Waals surface area contributed by atoms with Gasteiger partial charge in [-0.2, -0.15) is 0 Å². The number of hydrogen-bond donors (Lipinski definition) is 3. The summed E-state index contributed by atoms with van der Waals surface area (Å²) in [4.78, 5) is 33.5. The first-order chi connectivity index (χ1) is 13.2. The largest absolute Gasteiger partial charge is 0.444 e. The fraction of sp³-hybridized carbons (Fsp3) is 0.500. The Morgan fingerprint density at radius 1 is 1.25 bits per heavy atom. The van der Waals surface area contributed by atoms with Gasteiger partial charge in [-0.15, -0.1) is 0 Å². The summed E-state index contributed by atoms with van der Waals surface area (Å²) in [5.74, 6) is -0.565. The summed E-state index contributed by atoms with van der Waals surface area (Å²) < 4.78 is 5.28. The van der Waals surface area contributed by atoms with Gasteiger partial charge in [-0.3, -0.25) is 14.8 Å². The Kier molecular flexibility index (Phi) is 5.51. The number of alkyl carbamates (subject to hydrolysis) is 1. The second-order valence-electron chi connectivity index (χ2n) is 8.07. The average Bonchev–Trinajstić information content (AvgIpc) is 2.62. The molecule has 0 aliphatic heterocycles. The molecule has 0 saturated heterocycles. The molecule has 1 fully saturated rings. The maximum atomic E-state index is 13.0. The molecule has 2 atom stereocenters. The second-order valence-corrected chi connectivity index (χ2v) is 8.07. The third kappa shape index (κ3) is 4.39. The molecule has 1 aliphatic rings. The topological polar surface area (TPSA) is 113 Å². The van der Waals surface area contributed by atoms with Crippen molar-refractivity contribution in [1.82, 2.24) is 15.3 Å². The maximum Gasteiger partial charge on any atom is 0.407 e. The quantitative estimate of drug-likeness (QED) is 0.747. The van der Waals surface area contributed by atoms with E-state index in [1.807, 2.05) is 0 Å². The third-order valence-corrected chi connectivity index (χ3v) is 4.75. The van der Waals surface area contributed by atoms with E-state index in [2.05, 4.69) is 20.6 Å². The fourth-order valence-electron chi connectivity index (χ4n) is 3.40. The summed E-state index contributed by atoms with van der Waals surface area (Å²) in [6, 6.07) is 2.67. The van der Waals surface area contributed by atoms with Crippen molar-refractivity contribution >= 4 is 28.6 Å². The van der Waals surface area contributed by atoms with Crippen LogP contribution < -0.4 is 10.6 Å². The summed E-state index contributed by atoms with van der Waals surface area (Å²) in [7, 11) is 0. The molecule has 8 heteroatoms. The average molecular weight is 386 g/mol. The van der Waals surface area contributed by atoms with E-state index in [0.29, 0.717) is 29.4 Å². The first-order valence-corrected chi connectivity index (χ1v) is 9.41. The molecular formula is C20H26N4O4. The van der Waals surface area contributed by atoms with Crippen molar-refractivity contribution in [2.75, 3.05) is 5.32 Å². The van der Waals surface area contributed by atoms with Gasteiger partial charge in [0.05, 0.1) is 17.2 Å². The zero-order valence-electron chi connectivity index (χ0n) is 16.4. The number of carbonyl (C=O) groups excluding carboxylic acids is 2. The molecule has 150 valence electrons. The zero-order valence-corrected chi connectivity index (χ0v) is 16.4. The molecule has 2 unspecified atom stereocenters. The summed E-state index contributed by atoms with van der Waals surface area (Å²) in [6.07, 6.45) is 6.40. The molecule has 3 rings (SSSR count). The van der Waals surface area contributed by atoms with Gasteiger partial charge in [-0.05, 0) is 52.2 Å². The smallest absolute Gasteiger partial charge is 0.407 e. The first-order valence-electron chi connectivity index (χ1n) is 9.41. The van der Waals surface area contributed by atoms with Crippen LogP contribution in [0, 0.1) is 0 Å². The minimum absolute atomic E-state index is 0.251. The summed E-state index contributed by atoms with van der Waals surface area (Å²) in [6.45, 7) is 5.28. The van der Waals surface area contributed by atoms with Crippen LogP contribution >= 0.6 is 0 Å². The number of nitrogens with zero attached hydrogens (tertiary/aromatic N) is 2. The maximum absolute atomic E-state index is 13.0. The molecule has 0 radical (unpaired) electrons. The van der Waals surface area contributed by atoms with Gasteiger partial charge < -0.3 is 20.5 Å². The lowest BCUT2D eigenvalue weighted by Gasteiger charge is -2.39.